The third-order valence-electron chi connectivity index (χ3n) is 2.69. The van der Waals surface area contributed by atoms with Crippen LogP contribution < -0.4 is 10.5 Å². The first-order valence-corrected chi connectivity index (χ1v) is 5.86. The summed E-state index contributed by atoms with van der Waals surface area (Å²) >= 11 is 0. The van der Waals surface area contributed by atoms with Gasteiger partial charge in [0.25, 0.3) is 0 Å². The van der Waals surface area contributed by atoms with Crippen LogP contribution in [0.2, 0.25) is 0 Å². The normalized spacial score (nSPS) is 10.1. The van der Waals surface area contributed by atoms with E-state index in [0.29, 0.717) is 11.3 Å². The Labute approximate surface area is 115 Å². The van der Waals surface area contributed by atoms with E-state index in [4.69, 9.17) is 10.5 Å². The Morgan fingerprint density at radius 2 is 1.75 bits per heavy atom. The van der Waals surface area contributed by atoms with E-state index in [0.717, 1.165) is 0 Å². The second-order valence-corrected chi connectivity index (χ2v) is 4.16. The van der Waals surface area contributed by atoms with Crippen LogP contribution in [0.5, 0.6) is 11.5 Å². The summed E-state index contributed by atoms with van der Waals surface area (Å²) in [6.07, 6.45) is 0. The van der Waals surface area contributed by atoms with Crippen molar-refractivity contribution in [2.45, 2.75) is 6.92 Å². The summed E-state index contributed by atoms with van der Waals surface area (Å²) in [7, 11) is 0. The van der Waals surface area contributed by atoms with Gasteiger partial charge in [-0.1, -0.05) is 6.07 Å². The van der Waals surface area contributed by atoms with Crippen LogP contribution in [-0.4, -0.2) is 11.7 Å². The number of carbonyl (C=O) groups excluding carboxylic acids is 2. The van der Waals surface area contributed by atoms with E-state index < -0.39 is 17.5 Å². The number of hydrogen-bond acceptors (Lipinski definition) is 3. The van der Waals surface area contributed by atoms with Gasteiger partial charge in [-0.3, -0.25) is 9.59 Å². The minimum absolute atomic E-state index is 0.105. The molecule has 0 aliphatic carbocycles. The van der Waals surface area contributed by atoms with E-state index in [1.165, 1.54) is 49.4 Å². The van der Waals surface area contributed by atoms with Crippen molar-refractivity contribution in [2.75, 3.05) is 0 Å². The van der Waals surface area contributed by atoms with E-state index in [-0.39, 0.29) is 11.3 Å². The predicted octanol–water partition coefficient (Wildman–Crippen LogP) is 2.92. The second-order valence-electron chi connectivity index (χ2n) is 4.16. The Morgan fingerprint density at radius 3 is 2.30 bits per heavy atom. The maximum atomic E-state index is 13.6. The van der Waals surface area contributed by atoms with E-state index >= 15 is 0 Å². The Hall–Kier alpha value is -2.69. The van der Waals surface area contributed by atoms with Crippen LogP contribution in [-0.2, 0) is 0 Å². The van der Waals surface area contributed by atoms with Crippen molar-refractivity contribution in [2.24, 2.45) is 5.73 Å². The number of benzene rings is 2. The molecule has 0 fully saturated rings. The molecular formula is C15H12FNO3. The molecule has 1 amide bonds. The Balaban J connectivity index is 2.33. The van der Waals surface area contributed by atoms with Crippen molar-refractivity contribution in [1.82, 2.24) is 0 Å². The summed E-state index contributed by atoms with van der Waals surface area (Å²) in [5.74, 6) is -1.10. The first kappa shape index (κ1) is 13.7. The summed E-state index contributed by atoms with van der Waals surface area (Å²) in [4.78, 5) is 22.4. The summed E-state index contributed by atoms with van der Waals surface area (Å²) in [6.45, 7) is 1.27. The Kier molecular flexibility index (Phi) is 3.79. The topological polar surface area (TPSA) is 69.4 Å². The number of ketones is 1. The molecular weight excluding hydrogens is 261 g/mol. The number of hydrogen-bond donors (Lipinski definition) is 1. The maximum Gasteiger partial charge on any atom is 0.248 e. The molecule has 4 nitrogen and oxygen atoms in total. The van der Waals surface area contributed by atoms with Crippen LogP contribution in [0.3, 0.4) is 0 Å². The highest BCUT2D eigenvalue weighted by molar-refractivity contribution is 5.97. The average molecular weight is 273 g/mol. The lowest BCUT2D eigenvalue weighted by molar-refractivity contribution is 0.0995. The number of carbonyl (C=O) groups is 2. The van der Waals surface area contributed by atoms with Crippen LogP contribution in [0.1, 0.15) is 27.6 Å². The van der Waals surface area contributed by atoms with Crippen LogP contribution in [0.15, 0.2) is 42.5 Å². The largest absolute Gasteiger partial charge is 0.457 e. The standard InChI is InChI=1S/C15H12FNO3/c1-9(18)14-12(16)3-2-4-13(14)20-11-7-5-10(6-8-11)15(17)19/h2-8H,1H3,(H2,17,19). The van der Waals surface area contributed by atoms with Crippen LogP contribution in [0.25, 0.3) is 0 Å². The van der Waals surface area contributed by atoms with Gasteiger partial charge >= 0.3 is 0 Å². The van der Waals surface area contributed by atoms with Gasteiger partial charge in [-0.2, -0.15) is 0 Å². The molecule has 0 aromatic heterocycles. The Bertz CT molecular complexity index is 665. The van der Waals surface area contributed by atoms with Crippen LogP contribution >= 0.6 is 0 Å². The van der Waals surface area contributed by atoms with Gasteiger partial charge in [0.15, 0.2) is 5.78 Å². The van der Waals surface area contributed by atoms with Crippen molar-refractivity contribution in [3.8, 4) is 11.5 Å². The first-order valence-electron chi connectivity index (χ1n) is 5.86. The SMILES string of the molecule is CC(=O)c1c(F)cccc1Oc1ccc(C(N)=O)cc1. The molecule has 0 spiro atoms. The summed E-state index contributed by atoms with van der Waals surface area (Å²) < 4.78 is 19.1. The molecule has 0 aliphatic heterocycles. The fourth-order valence-corrected chi connectivity index (χ4v) is 1.75. The number of ether oxygens (including phenoxy) is 1. The number of primary amides is 1. The highest BCUT2D eigenvalue weighted by Crippen LogP contribution is 2.27. The zero-order chi connectivity index (χ0) is 14.7. The molecule has 0 unspecified atom stereocenters. The predicted molar refractivity (Wildman–Crippen MR) is 71.4 cm³/mol. The molecule has 102 valence electrons. The minimum atomic E-state index is -0.635. The van der Waals surface area contributed by atoms with E-state index in [1.807, 2.05) is 0 Å². The molecule has 0 saturated carbocycles. The molecule has 0 heterocycles. The lowest BCUT2D eigenvalue weighted by atomic mass is 10.1. The smallest absolute Gasteiger partial charge is 0.248 e. The molecule has 2 aromatic rings. The number of nitrogens with two attached hydrogens (primary N) is 1. The van der Waals surface area contributed by atoms with Crippen LogP contribution in [0.4, 0.5) is 4.39 Å². The third-order valence-corrected chi connectivity index (χ3v) is 2.69. The molecule has 2 rings (SSSR count). The molecule has 20 heavy (non-hydrogen) atoms. The molecule has 0 radical (unpaired) electrons. The van der Waals surface area contributed by atoms with E-state index in [9.17, 15) is 14.0 Å². The number of rotatable bonds is 4. The first-order chi connectivity index (χ1) is 9.49. The van der Waals surface area contributed by atoms with Gasteiger partial charge in [-0.05, 0) is 43.3 Å². The second kappa shape index (κ2) is 5.52. The fraction of sp³-hybridized carbons (Fsp3) is 0.0667. The molecule has 2 aromatic carbocycles. The van der Waals surface area contributed by atoms with Crippen molar-refractivity contribution >= 4 is 11.7 Å². The molecule has 0 bridgehead atoms. The fourth-order valence-electron chi connectivity index (χ4n) is 1.75. The van der Waals surface area contributed by atoms with Gasteiger partial charge < -0.3 is 10.5 Å². The zero-order valence-corrected chi connectivity index (χ0v) is 10.7. The van der Waals surface area contributed by atoms with Crippen molar-refractivity contribution in [3.63, 3.8) is 0 Å². The highest BCUT2D eigenvalue weighted by atomic mass is 19.1. The molecule has 0 atom stereocenters. The lowest BCUT2D eigenvalue weighted by Crippen LogP contribution is -2.10. The Morgan fingerprint density at radius 1 is 1.10 bits per heavy atom. The molecule has 0 saturated heterocycles. The molecule has 0 aliphatic rings. The summed E-state index contributed by atoms with van der Waals surface area (Å²) in [6, 6.07) is 10.2. The van der Waals surface area contributed by atoms with Gasteiger partial charge in [0.1, 0.15) is 17.3 Å². The highest BCUT2D eigenvalue weighted by Gasteiger charge is 2.14. The number of Topliss-reactive ketones (excluding diaryl/α,β-unsaturated/α-hetero) is 1. The summed E-state index contributed by atoms with van der Waals surface area (Å²) in [5.41, 5.74) is 5.36. The monoisotopic (exact) mass is 273 g/mol. The summed E-state index contributed by atoms with van der Waals surface area (Å²) in [5, 5.41) is 0. The van der Waals surface area contributed by atoms with Gasteiger partial charge in [-0.25, -0.2) is 4.39 Å². The van der Waals surface area contributed by atoms with Gasteiger partial charge in [0, 0.05) is 5.56 Å². The quantitative estimate of drug-likeness (QED) is 0.871. The molecule has 5 heteroatoms. The van der Waals surface area contributed by atoms with Gasteiger partial charge in [-0.15, -0.1) is 0 Å². The number of amides is 1. The molecule has 2 N–H and O–H groups in total. The third kappa shape index (κ3) is 2.83. The number of halogens is 1. The van der Waals surface area contributed by atoms with Crippen molar-refractivity contribution < 1.29 is 18.7 Å². The van der Waals surface area contributed by atoms with Gasteiger partial charge in [0.05, 0.1) is 5.56 Å². The average Bonchev–Trinajstić information content (AvgIpc) is 2.39. The zero-order valence-electron chi connectivity index (χ0n) is 10.7. The van der Waals surface area contributed by atoms with E-state index in [2.05, 4.69) is 0 Å². The van der Waals surface area contributed by atoms with E-state index in [1.54, 1.807) is 0 Å². The lowest BCUT2D eigenvalue weighted by Gasteiger charge is -2.10. The van der Waals surface area contributed by atoms with Crippen molar-refractivity contribution in [1.29, 1.82) is 0 Å². The van der Waals surface area contributed by atoms with Crippen LogP contribution in [0, 0.1) is 5.82 Å². The van der Waals surface area contributed by atoms with Crippen molar-refractivity contribution in [3.05, 3.63) is 59.4 Å². The van der Waals surface area contributed by atoms with Gasteiger partial charge in [0.2, 0.25) is 5.91 Å². The maximum absolute atomic E-state index is 13.6. The minimum Gasteiger partial charge on any atom is -0.457 e.